The number of hydrogen-bond acceptors (Lipinski definition) is 6. The van der Waals surface area contributed by atoms with Crippen molar-refractivity contribution in [1.29, 1.82) is 0 Å². The molecule has 2 heterocycles. The molecule has 3 N–H and O–H groups in total. The van der Waals surface area contributed by atoms with Crippen LogP contribution in [-0.2, 0) is 30.4 Å². The van der Waals surface area contributed by atoms with Crippen LogP contribution in [-0.4, -0.2) is 71.6 Å². The number of ether oxygens (including phenoxy) is 1. The van der Waals surface area contributed by atoms with Gasteiger partial charge in [0.15, 0.2) is 0 Å². The molecule has 0 aliphatic carbocycles. The maximum atomic E-state index is 13.8. The van der Waals surface area contributed by atoms with Crippen LogP contribution in [0.15, 0.2) is 36.9 Å². The van der Waals surface area contributed by atoms with Gasteiger partial charge in [-0.1, -0.05) is 38.1 Å². The summed E-state index contributed by atoms with van der Waals surface area (Å²) in [5.41, 5.74) is -0.488. The molecule has 1 aromatic rings. The Morgan fingerprint density at radius 3 is 2.49 bits per heavy atom. The minimum Gasteiger partial charge on any atom is -0.490 e. The third kappa shape index (κ3) is 7.68. The Labute approximate surface area is 229 Å². The van der Waals surface area contributed by atoms with Crippen molar-refractivity contribution >= 4 is 29.9 Å². The van der Waals surface area contributed by atoms with Gasteiger partial charge in [-0.3, -0.25) is 19.2 Å². The van der Waals surface area contributed by atoms with Crippen LogP contribution in [0.5, 0.6) is 5.75 Å². The fourth-order valence-electron chi connectivity index (χ4n) is 4.91. The van der Waals surface area contributed by atoms with Gasteiger partial charge in [-0.2, -0.15) is 0 Å². The fourth-order valence-corrected chi connectivity index (χ4v) is 4.91. The van der Waals surface area contributed by atoms with Crippen molar-refractivity contribution in [2.45, 2.75) is 88.9 Å². The van der Waals surface area contributed by atoms with Crippen molar-refractivity contribution in [3.05, 3.63) is 42.5 Å². The van der Waals surface area contributed by atoms with E-state index < -0.39 is 35.5 Å². The Kier molecular flexibility index (Phi) is 10.7. The summed E-state index contributed by atoms with van der Waals surface area (Å²) in [5, 5.41) is 8.54. The molecule has 2 saturated heterocycles. The topological polar surface area (TPSA) is 134 Å². The van der Waals surface area contributed by atoms with Crippen LogP contribution < -0.4 is 20.7 Å². The van der Waals surface area contributed by atoms with E-state index in [-0.39, 0.29) is 24.7 Å². The van der Waals surface area contributed by atoms with Crippen molar-refractivity contribution in [2.75, 3.05) is 13.2 Å². The molecule has 0 unspecified atom stereocenters. The fraction of sp³-hybridized carbons (Fsp3) is 0.552. The van der Waals surface area contributed by atoms with Gasteiger partial charge in [0.25, 0.3) is 0 Å². The van der Waals surface area contributed by atoms with Crippen LogP contribution in [0, 0.1) is 0 Å². The Bertz CT molecular complexity index is 1060. The average Bonchev–Trinajstić information content (AvgIpc) is 3.43. The van der Waals surface area contributed by atoms with Gasteiger partial charge in [0.05, 0.1) is 0 Å². The number of rotatable bonds is 11. The zero-order valence-electron chi connectivity index (χ0n) is 22.9. The van der Waals surface area contributed by atoms with E-state index in [0.29, 0.717) is 57.4 Å². The standard InChI is InChI=1S/C29H40N4O6/c1-4-18-39-21-14-12-20(13-15-21)19-23-27(37)33-16-9-11-24(33)26(36)30-22(10-7-6-8-17-34)25(35)32-29(3,5-2)28(38)31-23/h4,12-15,17,22-24H,1,5-11,16,18-19H2,2-3H3,(H,30,36)(H,31,38)(H,32,35)/t22-,23-,24+,29-/m0/s1. The van der Waals surface area contributed by atoms with Gasteiger partial charge < -0.3 is 30.4 Å². The van der Waals surface area contributed by atoms with E-state index in [2.05, 4.69) is 22.5 Å². The average molecular weight is 541 g/mol. The number of hydrogen-bond donors (Lipinski definition) is 3. The van der Waals surface area contributed by atoms with Gasteiger partial charge in [0.1, 0.15) is 42.3 Å². The second kappa shape index (κ2) is 13.9. The van der Waals surface area contributed by atoms with Gasteiger partial charge in [0, 0.05) is 19.4 Å². The minimum atomic E-state index is -1.30. The van der Waals surface area contributed by atoms with E-state index in [4.69, 9.17) is 4.74 Å². The van der Waals surface area contributed by atoms with Crippen molar-refractivity contribution in [3.63, 3.8) is 0 Å². The van der Waals surface area contributed by atoms with Gasteiger partial charge in [-0.05, 0) is 56.7 Å². The largest absolute Gasteiger partial charge is 0.490 e. The molecule has 4 amide bonds. The molecule has 212 valence electrons. The number of carbonyl (C=O) groups excluding carboxylic acids is 5. The molecule has 0 aromatic heterocycles. The molecule has 4 atom stereocenters. The maximum absolute atomic E-state index is 13.8. The van der Waals surface area contributed by atoms with Crippen molar-refractivity contribution < 1.29 is 28.7 Å². The highest BCUT2D eigenvalue weighted by molar-refractivity contribution is 5.99. The highest BCUT2D eigenvalue weighted by Gasteiger charge is 2.43. The molecule has 2 fully saturated rings. The molecule has 0 radical (unpaired) electrons. The summed E-state index contributed by atoms with van der Waals surface area (Å²) in [6.07, 6.45) is 5.91. The summed E-state index contributed by atoms with van der Waals surface area (Å²) in [6.45, 7) is 7.78. The Morgan fingerprint density at radius 2 is 1.82 bits per heavy atom. The number of unbranched alkanes of at least 4 members (excludes halogenated alkanes) is 2. The third-order valence-corrected chi connectivity index (χ3v) is 7.48. The molecule has 0 spiro atoms. The lowest BCUT2D eigenvalue weighted by Crippen LogP contribution is -2.65. The predicted molar refractivity (Wildman–Crippen MR) is 146 cm³/mol. The monoisotopic (exact) mass is 540 g/mol. The third-order valence-electron chi connectivity index (χ3n) is 7.48. The van der Waals surface area contributed by atoms with E-state index in [0.717, 1.165) is 11.8 Å². The molecule has 2 aliphatic rings. The summed E-state index contributed by atoms with van der Waals surface area (Å²) < 4.78 is 5.53. The first-order valence-electron chi connectivity index (χ1n) is 13.7. The number of carbonyl (C=O) groups is 5. The Hall–Kier alpha value is -3.69. The van der Waals surface area contributed by atoms with Crippen molar-refractivity contribution in [3.8, 4) is 5.75 Å². The molecule has 10 heteroatoms. The zero-order valence-corrected chi connectivity index (χ0v) is 22.9. The maximum Gasteiger partial charge on any atom is 0.246 e. The zero-order chi connectivity index (χ0) is 28.4. The SMILES string of the molecule is C=CCOc1ccc(C[C@@H]2NC(=O)[C@](C)(CC)NC(=O)[C@H](CCCCC=O)NC(=O)[C@H]3CCCN3C2=O)cc1. The number of aldehydes is 1. The molecule has 2 aliphatic heterocycles. The molecule has 0 bridgehead atoms. The first-order chi connectivity index (χ1) is 18.7. The molecule has 39 heavy (non-hydrogen) atoms. The quantitative estimate of drug-likeness (QED) is 0.223. The summed E-state index contributed by atoms with van der Waals surface area (Å²) >= 11 is 0. The van der Waals surface area contributed by atoms with Gasteiger partial charge in [0.2, 0.25) is 23.6 Å². The van der Waals surface area contributed by atoms with E-state index in [9.17, 15) is 24.0 Å². The molecule has 0 saturated carbocycles. The van der Waals surface area contributed by atoms with Crippen LogP contribution in [0.1, 0.15) is 64.4 Å². The predicted octanol–water partition coefficient (Wildman–Crippen LogP) is 1.81. The van der Waals surface area contributed by atoms with E-state index >= 15 is 0 Å². The van der Waals surface area contributed by atoms with E-state index in [1.807, 2.05) is 12.1 Å². The number of nitrogens with one attached hydrogen (secondary N) is 3. The lowest BCUT2D eigenvalue weighted by Gasteiger charge is -2.36. The Morgan fingerprint density at radius 1 is 1.08 bits per heavy atom. The van der Waals surface area contributed by atoms with Gasteiger partial charge >= 0.3 is 0 Å². The number of benzene rings is 1. The normalized spacial score (nSPS) is 25.9. The molecule has 1 aromatic carbocycles. The van der Waals surface area contributed by atoms with Crippen molar-refractivity contribution in [1.82, 2.24) is 20.9 Å². The smallest absolute Gasteiger partial charge is 0.246 e. The summed E-state index contributed by atoms with van der Waals surface area (Å²) in [4.78, 5) is 66.2. The van der Waals surface area contributed by atoms with Gasteiger partial charge in [-0.15, -0.1) is 0 Å². The van der Waals surface area contributed by atoms with E-state index in [1.54, 1.807) is 32.1 Å². The van der Waals surface area contributed by atoms with Crippen LogP contribution in [0.4, 0.5) is 0 Å². The first-order valence-corrected chi connectivity index (χ1v) is 13.7. The molecular weight excluding hydrogens is 500 g/mol. The van der Waals surface area contributed by atoms with Crippen LogP contribution >= 0.6 is 0 Å². The number of nitrogens with zero attached hydrogens (tertiary/aromatic N) is 1. The molecule has 10 nitrogen and oxygen atoms in total. The lowest BCUT2D eigenvalue weighted by atomic mass is 9.94. The van der Waals surface area contributed by atoms with Crippen LogP contribution in [0.3, 0.4) is 0 Å². The van der Waals surface area contributed by atoms with E-state index in [1.165, 1.54) is 4.90 Å². The van der Waals surface area contributed by atoms with Gasteiger partial charge in [-0.25, -0.2) is 0 Å². The highest BCUT2D eigenvalue weighted by atomic mass is 16.5. The van der Waals surface area contributed by atoms with Crippen LogP contribution in [0.2, 0.25) is 0 Å². The second-order valence-corrected chi connectivity index (χ2v) is 10.4. The highest BCUT2D eigenvalue weighted by Crippen LogP contribution is 2.23. The Balaban J connectivity index is 1.89. The summed E-state index contributed by atoms with van der Waals surface area (Å²) in [5.74, 6) is -0.988. The lowest BCUT2D eigenvalue weighted by molar-refractivity contribution is -0.144. The minimum absolute atomic E-state index is 0.213. The summed E-state index contributed by atoms with van der Waals surface area (Å²) in [6, 6.07) is 4.71. The van der Waals surface area contributed by atoms with Crippen LogP contribution in [0.25, 0.3) is 0 Å². The number of fused-ring (bicyclic) bond motifs is 1. The van der Waals surface area contributed by atoms with Crippen molar-refractivity contribution in [2.24, 2.45) is 0 Å². The number of amides is 4. The first kappa shape index (κ1) is 29.9. The molecular formula is C29H40N4O6. The summed E-state index contributed by atoms with van der Waals surface area (Å²) in [7, 11) is 0. The molecule has 3 rings (SSSR count). The second-order valence-electron chi connectivity index (χ2n) is 10.4.